The molecule has 4 rings (SSSR count). The van der Waals surface area contributed by atoms with E-state index in [9.17, 15) is 5.11 Å². The summed E-state index contributed by atoms with van der Waals surface area (Å²) in [5.41, 5.74) is 1.05. The number of nitrogens with zero attached hydrogens (tertiary/aromatic N) is 2. The van der Waals surface area contributed by atoms with E-state index in [1.54, 1.807) is 0 Å². The van der Waals surface area contributed by atoms with E-state index in [0.717, 1.165) is 30.6 Å². The van der Waals surface area contributed by atoms with E-state index in [4.69, 9.17) is 11.6 Å². The fourth-order valence-corrected chi connectivity index (χ4v) is 4.01. The number of hydrogen-bond acceptors (Lipinski definition) is 2. The highest BCUT2D eigenvalue weighted by atomic mass is 35.5. The molecule has 24 heavy (non-hydrogen) atoms. The molecule has 2 heterocycles. The van der Waals surface area contributed by atoms with Gasteiger partial charge in [-0.3, -0.25) is 0 Å². The highest BCUT2D eigenvalue weighted by Crippen LogP contribution is 2.35. The molecule has 124 valence electrons. The summed E-state index contributed by atoms with van der Waals surface area (Å²) in [6, 6.07) is 18.0. The Bertz CT molecular complexity index is 757. The Balaban J connectivity index is 1.81. The molecule has 0 saturated heterocycles. The highest BCUT2D eigenvalue weighted by molar-refractivity contribution is 6.30. The second-order valence-corrected chi connectivity index (χ2v) is 7.06. The molecule has 0 saturated carbocycles. The lowest BCUT2D eigenvalue weighted by Gasteiger charge is -2.23. The van der Waals surface area contributed by atoms with Crippen LogP contribution in [0.1, 0.15) is 31.2 Å². The molecule has 0 aromatic heterocycles. The largest absolute Gasteiger partial charge is 0.346 e. The fraction of sp³-hybridized carbons (Fsp3) is 0.350. The van der Waals surface area contributed by atoms with Crippen LogP contribution in [0.25, 0.3) is 0 Å². The van der Waals surface area contributed by atoms with Crippen LogP contribution in [0, 0.1) is 0 Å². The molecule has 0 aliphatic carbocycles. The average molecular weight is 342 g/mol. The van der Waals surface area contributed by atoms with Gasteiger partial charge < -0.3 is 5.11 Å². The monoisotopic (exact) mass is 341 g/mol. The van der Waals surface area contributed by atoms with Crippen LogP contribution < -0.4 is 4.90 Å². The Labute approximate surface area is 147 Å². The zero-order valence-electron chi connectivity index (χ0n) is 13.7. The summed E-state index contributed by atoms with van der Waals surface area (Å²) < 4.78 is 2.20. The molecular formula is C20H22ClN2O+. The molecule has 0 amide bonds. The Morgan fingerprint density at radius 1 is 0.958 bits per heavy atom. The number of β-amino-alcohol motifs (C(OH)–C–C–N with tert-alkyl or cyclic N) is 1. The van der Waals surface area contributed by atoms with E-state index in [0.29, 0.717) is 11.6 Å². The van der Waals surface area contributed by atoms with Crippen molar-refractivity contribution in [3.05, 3.63) is 65.2 Å². The topological polar surface area (TPSA) is 26.5 Å². The zero-order chi connectivity index (χ0) is 16.6. The van der Waals surface area contributed by atoms with Crippen molar-refractivity contribution in [2.75, 3.05) is 18.0 Å². The second-order valence-electron chi connectivity index (χ2n) is 6.62. The first-order valence-electron chi connectivity index (χ1n) is 8.63. The van der Waals surface area contributed by atoms with Crippen LogP contribution in [0.4, 0.5) is 5.69 Å². The van der Waals surface area contributed by atoms with Crippen LogP contribution >= 0.6 is 11.6 Å². The van der Waals surface area contributed by atoms with Crippen LogP contribution in [-0.2, 0) is 5.72 Å². The van der Waals surface area contributed by atoms with E-state index < -0.39 is 5.72 Å². The third-order valence-corrected chi connectivity index (χ3v) is 5.36. The van der Waals surface area contributed by atoms with Crippen LogP contribution in [0.3, 0.4) is 0 Å². The maximum atomic E-state index is 11.6. The van der Waals surface area contributed by atoms with Gasteiger partial charge in [0.2, 0.25) is 0 Å². The second kappa shape index (κ2) is 6.23. The maximum Gasteiger partial charge on any atom is 0.271 e. The van der Waals surface area contributed by atoms with Gasteiger partial charge in [0, 0.05) is 17.0 Å². The minimum absolute atomic E-state index is 0.550. The normalized spacial score (nSPS) is 24.0. The van der Waals surface area contributed by atoms with E-state index in [2.05, 4.69) is 33.7 Å². The predicted octanol–water partition coefficient (Wildman–Crippen LogP) is 3.99. The third-order valence-electron chi connectivity index (χ3n) is 5.10. The molecule has 0 fully saturated rings. The van der Waals surface area contributed by atoms with Gasteiger partial charge in [-0.1, -0.05) is 41.9 Å². The summed E-state index contributed by atoms with van der Waals surface area (Å²) in [4.78, 5) is 2.28. The fourth-order valence-electron chi connectivity index (χ4n) is 3.88. The first kappa shape index (κ1) is 15.7. The molecular weight excluding hydrogens is 320 g/mol. The number of anilines is 1. The van der Waals surface area contributed by atoms with Crippen LogP contribution in [0.15, 0.2) is 54.6 Å². The van der Waals surface area contributed by atoms with Gasteiger partial charge in [-0.25, -0.2) is 9.48 Å². The van der Waals surface area contributed by atoms with E-state index >= 15 is 0 Å². The highest BCUT2D eigenvalue weighted by Gasteiger charge is 2.51. The molecule has 2 aromatic carbocycles. The number of halogens is 1. The van der Waals surface area contributed by atoms with Crippen molar-refractivity contribution in [3.63, 3.8) is 0 Å². The minimum Gasteiger partial charge on any atom is -0.346 e. The van der Waals surface area contributed by atoms with Crippen LogP contribution in [0.2, 0.25) is 5.02 Å². The number of para-hydroxylation sites is 1. The Morgan fingerprint density at radius 2 is 1.71 bits per heavy atom. The van der Waals surface area contributed by atoms with E-state index in [1.165, 1.54) is 18.7 Å². The van der Waals surface area contributed by atoms with Crippen molar-refractivity contribution < 1.29 is 9.68 Å². The Hall–Kier alpha value is -1.84. The van der Waals surface area contributed by atoms with E-state index in [1.807, 2.05) is 30.3 Å². The molecule has 4 heteroatoms. The molecule has 1 atom stereocenters. The van der Waals surface area contributed by atoms with Gasteiger partial charge in [-0.05, 0) is 43.5 Å². The molecule has 0 bridgehead atoms. The summed E-state index contributed by atoms with van der Waals surface area (Å²) in [5.74, 6) is 1.23. The lowest BCUT2D eigenvalue weighted by molar-refractivity contribution is -0.658. The number of benzene rings is 2. The lowest BCUT2D eigenvalue weighted by Crippen LogP contribution is -2.41. The van der Waals surface area contributed by atoms with Crippen LogP contribution in [-0.4, -0.2) is 28.6 Å². The summed E-state index contributed by atoms with van der Waals surface area (Å²) in [7, 11) is 0. The van der Waals surface area contributed by atoms with Gasteiger partial charge in [-0.15, -0.1) is 0 Å². The maximum absolute atomic E-state index is 11.6. The lowest BCUT2D eigenvalue weighted by atomic mass is 10.0. The van der Waals surface area contributed by atoms with Gasteiger partial charge in [0.25, 0.3) is 11.6 Å². The van der Waals surface area contributed by atoms with Crippen molar-refractivity contribution in [1.29, 1.82) is 0 Å². The minimum atomic E-state index is -1.000. The number of aliphatic hydroxyl groups is 1. The number of rotatable bonds is 2. The molecule has 2 aliphatic rings. The summed E-state index contributed by atoms with van der Waals surface area (Å²) in [6.45, 7) is 1.44. The van der Waals surface area contributed by atoms with Gasteiger partial charge in [0.1, 0.15) is 5.69 Å². The number of amidine groups is 1. The van der Waals surface area contributed by atoms with Crippen molar-refractivity contribution in [1.82, 2.24) is 0 Å². The molecule has 1 N–H and O–H groups in total. The molecule has 0 radical (unpaired) electrons. The summed E-state index contributed by atoms with van der Waals surface area (Å²) in [5, 5.41) is 12.3. The van der Waals surface area contributed by atoms with Crippen molar-refractivity contribution in [2.24, 2.45) is 0 Å². The first-order chi connectivity index (χ1) is 11.7. The van der Waals surface area contributed by atoms with Crippen molar-refractivity contribution in [3.8, 4) is 0 Å². The van der Waals surface area contributed by atoms with Gasteiger partial charge >= 0.3 is 0 Å². The van der Waals surface area contributed by atoms with E-state index in [-0.39, 0.29) is 0 Å². The first-order valence-corrected chi connectivity index (χ1v) is 9.01. The quantitative estimate of drug-likeness (QED) is 0.836. The van der Waals surface area contributed by atoms with Gasteiger partial charge in [-0.2, -0.15) is 0 Å². The molecule has 3 nitrogen and oxygen atoms in total. The summed E-state index contributed by atoms with van der Waals surface area (Å²) >= 11 is 6.04. The average Bonchev–Trinajstić information content (AvgIpc) is 2.77. The number of hydrogen-bond donors (Lipinski definition) is 1. The predicted molar refractivity (Wildman–Crippen MR) is 97.7 cm³/mol. The standard InChI is InChI=1S/C20H22ClN2O/c21-17-12-10-16(11-13-17)20(24)15-22(18-7-3-1-4-8-18)19-9-5-2-6-14-23(19)20/h1,3-4,7-8,10-13,24H,2,5-6,9,14-15H2/q+1. The smallest absolute Gasteiger partial charge is 0.271 e. The van der Waals surface area contributed by atoms with Crippen molar-refractivity contribution >= 4 is 23.1 Å². The molecule has 2 aliphatic heterocycles. The van der Waals surface area contributed by atoms with Crippen molar-refractivity contribution in [2.45, 2.75) is 31.4 Å². The molecule has 1 unspecified atom stereocenters. The zero-order valence-corrected chi connectivity index (χ0v) is 14.4. The Morgan fingerprint density at radius 3 is 2.46 bits per heavy atom. The van der Waals surface area contributed by atoms with Gasteiger partial charge in [0.05, 0.1) is 6.54 Å². The summed E-state index contributed by atoms with van der Waals surface area (Å²) in [6.07, 6.45) is 4.50. The third kappa shape index (κ3) is 2.62. The Kier molecular flexibility index (Phi) is 4.07. The van der Waals surface area contributed by atoms with Crippen LogP contribution in [0.5, 0.6) is 0 Å². The van der Waals surface area contributed by atoms with Gasteiger partial charge in [0.15, 0.2) is 6.54 Å². The SMILES string of the molecule is OC1(c2ccc(Cl)cc2)CN(c2ccccc2)C2=[N+]1CCCCC2. The molecule has 2 aromatic rings. The molecule has 0 spiro atoms.